The van der Waals surface area contributed by atoms with Crippen LogP contribution in [-0.2, 0) is 0 Å². The SMILES string of the molecule is CC.CC.CCC(c1ccccc1)C(C)(C)C(C)(C)CCCCC(C)C. The summed E-state index contributed by atoms with van der Waals surface area (Å²) in [5, 5.41) is 0. The van der Waals surface area contributed by atoms with Gasteiger partial charge in [-0.2, -0.15) is 0 Å². The Balaban J connectivity index is 0. The van der Waals surface area contributed by atoms with Crippen molar-refractivity contribution in [1.82, 2.24) is 0 Å². The van der Waals surface area contributed by atoms with E-state index in [4.69, 9.17) is 0 Å². The van der Waals surface area contributed by atoms with Crippen molar-refractivity contribution in [3.8, 4) is 0 Å². The first-order valence-electron chi connectivity index (χ1n) is 11.3. The Labute approximate surface area is 167 Å². The molecule has 1 unspecified atom stereocenters. The van der Waals surface area contributed by atoms with Crippen LogP contribution in [0.5, 0.6) is 0 Å². The smallest absolute Gasteiger partial charge is 0.0108 e. The third-order valence-electron chi connectivity index (χ3n) is 6.06. The minimum absolute atomic E-state index is 0.306. The Hall–Kier alpha value is -0.780. The van der Waals surface area contributed by atoms with Gasteiger partial charge in [-0.1, -0.05) is 126 Å². The van der Waals surface area contributed by atoms with Gasteiger partial charge in [0.15, 0.2) is 0 Å². The standard InChI is InChI=1S/C22H38.2C2H6/c1-8-20(19-15-10-9-11-16-19)22(6,7)21(4,5)17-13-12-14-18(2)3;2*1-2/h9-11,15-16,18,20H,8,12-14,17H2,1-7H3;2*1-2H3. The van der Waals surface area contributed by atoms with Crippen molar-refractivity contribution in [3.05, 3.63) is 35.9 Å². The minimum Gasteiger partial charge on any atom is -0.0683 e. The second kappa shape index (κ2) is 14.3. The van der Waals surface area contributed by atoms with Gasteiger partial charge in [-0.15, -0.1) is 0 Å². The molecule has 1 rings (SSSR count). The number of rotatable bonds is 9. The highest BCUT2D eigenvalue weighted by atomic mass is 14.5. The van der Waals surface area contributed by atoms with Crippen molar-refractivity contribution >= 4 is 0 Å². The lowest BCUT2D eigenvalue weighted by molar-refractivity contribution is 0.0609. The van der Waals surface area contributed by atoms with Crippen LogP contribution in [0.1, 0.15) is 120 Å². The third-order valence-corrected chi connectivity index (χ3v) is 6.06. The molecule has 0 saturated heterocycles. The molecule has 0 amide bonds. The first-order valence-corrected chi connectivity index (χ1v) is 11.3. The summed E-state index contributed by atoms with van der Waals surface area (Å²) in [5.74, 6) is 1.47. The van der Waals surface area contributed by atoms with Gasteiger partial charge in [-0.05, 0) is 41.1 Å². The zero-order valence-corrected chi connectivity index (χ0v) is 20.1. The average molecular weight is 363 g/mol. The molecule has 0 saturated carbocycles. The van der Waals surface area contributed by atoms with E-state index in [1.54, 1.807) is 0 Å². The Bertz CT molecular complexity index is 411. The summed E-state index contributed by atoms with van der Waals surface area (Å²) in [6, 6.07) is 11.1. The molecule has 1 atom stereocenters. The molecule has 26 heavy (non-hydrogen) atoms. The molecule has 0 fully saturated rings. The van der Waals surface area contributed by atoms with Crippen LogP contribution < -0.4 is 0 Å². The van der Waals surface area contributed by atoms with E-state index in [-0.39, 0.29) is 0 Å². The highest BCUT2D eigenvalue weighted by Gasteiger charge is 2.42. The van der Waals surface area contributed by atoms with Gasteiger partial charge in [-0.3, -0.25) is 0 Å². The zero-order valence-electron chi connectivity index (χ0n) is 20.1. The molecule has 0 aliphatic carbocycles. The van der Waals surface area contributed by atoms with Crippen molar-refractivity contribution in [2.75, 3.05) is 0 Å². The predicted molar refractivity (Wildman–Crippen MR) is 123 cm³/mol. The van der Waals surface area contributed by atoms with E-state index in [0.717, 1.165) is 5.92 Å². The minimum atomic E-state index is 0.306. The first kappa shape index (κ1) is 27.4. The molecule has 1 aromatic carbocycles. The highest BCUT2D eigenvalue weighted by Crippen LogP contribution is 2.52. The van der Waals surface area contributed by atoms with Crippen LogP contribution in [0.25, 0.3) is 0 Å². The van der Waals surface area contributed by atoms with Crippen molar-refractivity contribution < 1.29 is 0 Å². The maximum atomic E-state index is 2.48. The Morgan fingerprint density at radius 2 is 1.31 bits per heavy atom. The van der Waals surface area contributed by atoms with Gasteiger partial charge in [0.2, 0.25) is 0 Å². The van der Waals surface area contributed by atoms with E-state index < -0.39 is 0 Å². The lowest BCUT2D eigenvalue weighted by Gasteiger charge is -2.47. The zero-order chi connectivity index (χ0) is 20.8. The van der Waals surface area contributed by atoms with Crippen molar-refractivity contribution in [1.29, 1.82) is 0 Å². The van der Waals surface area contributed by atoms with Gasteiger partial charge in [0.05, 0.1) is 0 Å². The van der Waals surface area contributed by atoms with Gasteiger partial charge in [0.1, 0.15) is 0 Å². The molecule has 0 heteroatoms. The number of benzene rings is 1. The molecule has 1 aromatic rings. The fourth-order valence-electron chi connectivity index (χ4n) is 3.76. The van der Waals surface area contributed by atoms with E-state index in [2.05, 4.69) is 78.8 Å². The van der Waals surface area contributed by atoms with Gasteiger partial charge in [-0.25, -0.2) is 0 Å². The molecule has 0 aliphatic heterocycles. The van der Waals surface area contributed by atoms with Crippen molar-refractivity contribution in [3.63, 3.8) is 0 Å². The molecular weight excluding hydrogens is 312 g/mol. The summed E-state index contributed by atoms with van der Waals surface area (Å²) >= 11 is 0. The van der Waals surface area contributed by atoms with Crippen LogP contribution in [-0.4, -0.2) is 0 Å². The van der Waals surface area contributed by atoms with Crippen LogP contribution >= 0.6 is 0 Å². The summed E-state index contributed by atoms with van der Waals surface area (Å²) in [4.78, 5) is 0. The number of hydrogen-bond donors (Lipinski definition) is 0. The molecule has 0 spiro atoms. The normalized spacial score (nSPS) is 12.6. The summed E-state index contributed by atoms with van der Waals surface area (Å²) < 4.78 is 0. The Kier molecular flexibility index (Phi) is 15.1. The van der Waals surface area contributed by atoms with Crippen molar-refractivity contribution in [2.45, 2.75) is 114 Å². The summed E-state index contributed by atoms with van der Waals surface area (Å²) in [7, 11) is 0. The van der Waals surface area contributed by atoms with E-state index in [0.29, 0.717) is 16.7 Å². The summed E-state index contributed by atoms with van der Waals surface area (Å²) in [5.41, 5.74) is 2.17. The predicted octanol–water partition coefficient (Wildman–Crippen LogP) is 9.50. The summed E-state index contributed by atoms with van der Waals surface area (Å²) in [6.07, 6.45) is 6.65. The van der Waals surface area contributed by atoms with Gasteiger partial charge >= 0.3 is 0 Å². The van der Waals surface area contributed by atoms with Gasteiger partial charge < -0.3 is 0 Å². The quantitative estimate of drug-likeness (QED) is 0.383. The maximum absolute atomic E-state index is 2.48. The van der Waals surface area contributed by atoms with E-state index in [1.165, 1.54) is 37.7 Å². The second-order valence-electron chi connectivity index (χ2n) is 8.62. The third kappa shape index (κ3) is 8.74. The molecule has 0 aromatic heterocycles. The molecule has 0 radical (unpaired) electrons. The van der Waals surface area contributed by atoms with E-state index in [1.807, 2.05) is 27.7 Å². The topological polar surface area (TPSA) is 0 Å². The molecule has 154 valence electrons. The second-order valence-corrected chi connectivity index (χ2v) is 8.62. The van der Waals surface area contributed by atoms with Crippen LogP contribution in [0, 0.1) is 16.7 Å². The Morgan fingerprint density at radius 3 is 1.73 bits per heavy atom. The molecule has 0 bridgehead atoms. The fourth-order valence-corrected chi connectivity index (χ4v) is 3.76. The lowest BCUT2D eigenvalue weighted by Crippen LogP contribution is -2.38. The van der Waals surface area contributed by atoms with Crippen LogP contribution in [0.15, 0.2) is 30.3 Å². The van der Waals surface area contributed by atoms with Gasteiger partial charge in [0.25, 0.3) is 0 Å². The monoisotopic (exact) mass is 362 g/mol. The summed E-state index contributed by atoms with van der Waals surface area (Å²) in [6.45, 7) is 24.9. The van der Waals surface area contributed by atoms with Gasteiger partial charge in [0, 0.05) is 0 Å². The number of unbranched alkanes of at least 4 members (excludes halogenated alkanes) is 1. The first-order chi connectivity index (χ1) is 12.2. The molecule has 0 heterocycles. The Morgan fingerprint density at radius 1 is 0.808 bits per heavy atom. The van der Waals surface area contributed by atoms with E-state index >= 15 is 0 Å². The molecule has 0 N–H and O–H groups in total. The van der Waals surface area contributed by atoms with E-state index in [9.17, 15) is 0 Å². The average Bonchev–Trinajstić information content (AvgIpc) is 2.63. The molecule has 0 aliphatic rings. The van der Waals surface area contributed by atoms with Crippen LogP contribution in [0.3, 0.4) is 0 Å². The lowest BCUT2D eigenvalue weighted by atomic mass is 9.57. The molecule has 0 nitrogen and oxygen atoms in total. The van der Waals surface area contributed by atoms with Crippen LogP contribution in [0.4, 0.5) is 0 Å². The number of hydrogen-bond acceptors (Lipinski definition) is 0. The van der Waals surface area contributed by atoms with Crippen molar-refractivity contribution in [2.24, 2.45) is 16.7 Å². The fraction of sp³-hybridized carbons (Fsp3) is 0.769. The van der Waals surface area contributed by atoms with Crippen LogP contribution in [0.2, 0.25) is 0 Å². The molecular formula is C26H50. The largest absolute Gasteiger partial charge is 0.0683 e. The highest BCUT2D eigenvalue weighted by molar-refractivity contribution is 5.22. The maximum Gasteiger partial charge on any atom is -0.0108 e.